The van der Waals surface area contributed by atoms with Crippen molar-refractivity contribution in [2.24, 2.45) is 5.92 Å². The molecule has 0 radical (unpaired) electrons. The molecule has 0 aromatic rings. The van der Waals surface area contributed by atoms with Gasteiger partial charge in [-0.25, -0.2) is 0 Å². The van der Waals surface area contributed by atoms with E-state index in [1.54, 1.807) is 0 Å². The van der Waals surface area contributed by atoms with Crippen LogP contribution in [0.2, 0.25) is 4.47 Å². The van der Waals surface area contributed by atoms with Crippen LogP contribution in [0.25, 0.3) is 0 Å². The zero-order valence-electron chi connectivity index (χ0n) is 4.10. The molecular weight excluding hydrogens is 206 g/mol. The van der Waals surface area contributed by atoms with Crippen LogP contribution < -0.4 is 3.57 Å². The predicted octanol–water partition coefficient (Wildman–Crippen LogP) is -0.210. The van der Waals surface area contributed by atoms with E-state index in [1.165, 1.54) is 0 Å². The Kier molecular flexibility index (Phi) is 1.56. The van der Waals surface area contributed by atoms with Gasteiger partial charge in [0, 0.05) is 0 Å². The molecule has 2 nitrogen and oxygen atoms in total. The van der Waals surface area contributed by atoms with Gasteiger partial charge in [-0.3, -0.25) is 0 Å². The number of nitrogens with one attached hydrogen (secondary N) is 1. The van der Waals surface area contributed by atoms with Crippen LogP contribution in [-0.2, 0) is 4.79 Å². The van der Waals surface area contributed by atoms with Crippen molar-refractivity contribution >= 4 is 27.1 Å². The summed E-state index contributed by atoms with van der Waals surface area (Å²) >= 11 is -0.0856. The molecule has 0 bridgehead atoms. The van der Waals surface area contributed by atoms with E-state index in [4.69, 9.17) is 0 Å². The van der Waals surface area contributed by atoms with Crippen LogP contribution in [0.5, 0.6) is 0 Å². The van der Waals surface area contributed by atoms with E-state index in [0.717, 1.165) is 4.47 Å². The Morgan fingerprint density at radius 2 is 2.71 bits per heavy atom. The quantitative estimate of drug-likeness (QED) is 0.554. The number of carbonyl (C=O) groups excluding carboxylic acids is 1. The van der Waals surface area contributed by atoms with E-state index < -0.39 is 0 Å². The fraction of sp³-hybridized carbons (Fsp3) is 0.750. The summed E-state index contributed by atoms with van der Waals surface area (Å²) < 4.78 is 4.00. The minimum atomic E-state index is -0.0856. The van der Waals surface area contributed by atoms with Crippen LogP contribution in [-0.4, -0.2) is 27.1 Å². The zero-order valence-corrected chi connectivity index (χ0v) is 6.43. The van der Waals surface area contributed by atoms with Gasteiger partial charge >= 0.3 is 52.8 Å². The summed E-state index contributed by atoms with van der Waals surface area (Å²) in [6.45, 7) is 1.98. The normalized spacial score (nSPS) is 30.4. The number of hydrogen-bond donors (Lipinski definition) is 1. The number of carbonyl (C=O) groups is 1. The third-order valence-corrected chi connectivity index (χ3v) is 3.84. The van der Waals surface area contributed by atoms with Gasteiger partial charge in [-0.05, 0) is 0 Å². The molecule has 1 rings (SSSR count). The number of amides is 1. The van der Waals surface area contributed by atoms with Crippen molar-refractivity contribution in [3.05, 3.63) is 0 Å². The summed E-state index contributed by atoms with van der Waals surface area (Å²) in [7, 11) is 0. The molecule has 1 aliphatic rings. The summed E-state index contributed by atoms with van der Waals surface area (Å²) in [4.78, 5) is 10.5. The molecule has 1 saturated heterocycles. The van der Waals surface area contributed by atoms with E-state index in [0.29, 0.717) is 5.92 Å². The SMILES string of the molecule is CC1C[Te]NC1=O. The number of rotatable bonds is 0. The first-order chi connectivity index (χ1) is 3.30. The van der Waals surface area contributed by atoms with Crippen molar-refractivity contribution in [1.82, 2.24) is 3.57 Å². The predicted molar refractivity (Wildman–Crippen MR) is 27.9 cm³/mol. The monoisotopic (exact) mass is 215 g/mol. The van der Waals surface area contributed by atoms with Crippen molar-refractivity contribution in [3.63, 3.8) is 0 Å². The van der Waals surface area contributed by atoms with Crippen LogP contribution in [0.3, 0.4) is 0 Å². The molecule has 7 heavy (non-hydrogen) atoms. The molecule has 40 valence electrons. The maximum absolute atomic E-state index is 10.5. The third kappa shape index (κ3) is 1.08. The first-order valence-corrected chi connectivity index (χ1v) is 5.03. The Labute approximate surface area is 53.1 Å². The van der Waals surface area contributed by atoms with Crippen molar-refractivity contribution in [2.75, 3.05) is 0 Å². The average molecular weight is 213 g/mol. The Balaban J connectivity index is 2.48. The first-order valence-electron chi connectivity index (χ1n) is 2.22. The van der Waals surface area contributed by atoms with E-state index in [2.05, 4.69) is 3.57 Å². The Hall–Kier alpha value is 0.260. The van der Waals surface area contributed by atoms with Crippen LogP contribution in [0.15, 0.2) is 0 Å². The molecule has 1 N–H and O–H groups in total. The Bertz CT molecular complexity index is 93.7. The molecule has 1 amide bonds. The summed E-state index contributed by atoms with van der Waals surface area (Å²) in [5.74, 6) is 0.588. The molecule has 0 aromatic heterocycles. The standard InChI is InChI=1S/C4H7NOTe/c1-3-2-7-5-4(3)6/h3H,2H2,1H3,(H,5,6). The van der Waals surface area contributed by atoms with Crippen LogP contribution >= 0.6 is 0 Å². The van der Waals surface area contributed by atoms with Gasteiger partial charge in [-0.2, -0.15) is 0 Å². The molecule has 1 heterocycles. The van der Waals surface area contributed by atoms with Gasteiger partial charge in [-0.1, -0.05) is 0 Å². The second-order valence-corrected chi connectivity index (χ2v) is 4.04. The molecule has 0 saturated carbocycles. The average Bonchev–Trinajstić information content (AvgIpc) is 1.91. The van der Waals surface area contributed by atoms with Crippen molar-refractivity contribution in [1.29, 1.82) is 0 Å². The van der Waals surface area contributed by atoms with Gasteiger partial charge in [0.15, 0.2) is 0 Å². The Morgan fingerprint density at radius 1 is 2.00 bits per heavy atom. The summed E-state index contributed by atoms with van der Waals surface area (Å²) in [5.41, 5.74) is 0. The summed E-state index contributed by atoms with van der Waals surface area (Å²) in [6, 6.07) is 0. The molecule has 3 heteroatoms. The van der Waals surface area contributed by atoms with Gasteiger partial charge in [-0.15, -0.1) is 0 Å². The van der Waals surface area contributed by atoms with Gasteiger partial charge in [0.2, 0.25) is 0 Å². The van der Waals surface area contributed by atoms with Crippen molar-refractivity contribution in [3.8, 4) is 0 Å². The van der Waals surface area contributed by atoms with Crippen LogP contribution in [0.4, 0.5) is 0 Å². The molecule has 0 aromatic carbocycles. The minimum absolute atomic E-state index is 0.0856. The van der Waals surface area contributed by atoms with Gasteiger partial charge in [0.1, 0.15) is 0 Å². The molecular formula is C4H7NOTe. The summed E-state index contributed by atoms with van der Waals surface area (Å²) in [5, 5.41) is 0. The Morgan fingerprint density at radius 3 is 2.86 bits per heavy atom. The molecule has 1 aliphatic heterocycles. The third-order valence-electron chi connectivity index (χ3n) is 0.954. The first kappa shape index (κ1) is 5.40. The number of hydrogen-bond acceptors (Lipinski definition) is 1. The van der Waals surface area contributed by atoms with E-state index in [9.17, 15) is 4.79 Å². The maximum atomic E-state index is 10.5. The zero-order chi connectivity index (χ0) is 5.28. The van der Waals surface area contributed by atoms with Gasteiger partial charge in [0.05, 0.1) is 0 Å². The van der Waals surface area contributed by atoms with E-state index in [-0.39, 0.29) is 27.1 Å². The molecule has 1 atom stereocenters. The summed E-state index contributed by atoms with van der Waals surface area (Å²) in [6.07, 6.45) is 0. The van der Waals surface area contributed by atoms with E-state index in [1.807, 2.05) is 6.92 Å². The molecule has 0 aliphatic carbocycles. The second-order valence-electron chi connectivity index (χ2n) is 1.68. The van der Waals surface area contributed by atoms with Gasteiger partial charge in [0.25, 0.3) is 0 Å². The van der Waals surface area contributed by atoms with Gasteiger partial charge < -0.3 is 0 Å². The van der Waals surface area contributed by atoms with Crippen LogP contribution in [0.1, 0.15) is 6.92 Å². The van der Waals surface area contributed by atoms with Crippen molar-refractivity contribution < 1.29 is 4.79 Å². The van der Waals surface area contributed by atoms with E-state index >= 15 is 0 Å². The fourth-order valence-electron chi connectivity index (χ4n) is 0.414. The topological polar surface area (TPSA) is 29.1 Å². The molecule has 0 spiro atoms. The second kappa shape index (κ2) is 2.02. The molecule has 1 unspecified atom stereocenters. The van der Waals surface area contributed by atoms with Crippen LogP contribution in [0, 0.1) is 5.92 Å². The van der Waals surface area contributed by atoms with Crippen molar-refractivity contribution in [2.45, 2.75) is 11.4 Å². The fourth-order valence-corrected chi connectivity index (χ4v) is 2.78. The molecule has 1 fully saturated rings.